The first-order valence-corrected chi connectivity index (χ1v) is 9.48. The summed E-state index contributed by atoms with van der Waals surface area (Å²) in [6.45, 7) is 5.68. The normalized spacial score (nSPS) is 16.8. The van der Waals surface area contributed by atoms with E-state index in [0.717, 1.165) is 35.7 Å². The summed E-state index contributed by atoms with van der Waals surface area (Å²) in [6, 6.07) is 9.85. The van der Waals surface area contributed by atoms with Gasteiger partial charge in [0, 0.05) is 31.4 Å². The van der Waals surface area contributed by atoms with Gasteiger partial charge < -0.3 is 9.47 Å². The predicted molar refractivity (Wildman–Crippen MR) is 108 cm³/mol. The second-order valence-electron chi connectivity index (χ2n) is 7.32. The monoisotopic (exact) mass is 379 g/mol. The van der Waals surface area contributed by atoms with Crippen LogP contribution in [-0.2, 0) is 13.0 Å². The zero-order valence-electron chi connectivity index (χ0n) is 16.7. The van der Waals surface area contributed by atoms with Crippen molar-refractivity contribution in [3.05, 3.63) is 69.3 Å². The maximum absolute atomic E-state index is 12.5. The van der Waals surface area contributed by atoms with E-state index in [-0.39, 0.29) is 11.6 Å². The zero-order valence-corrected chi connectivity index (χ0v) is 16.7. The van der Waals surface area contributed by atoms with Crippen LogP contribution in [0.15, 0.2) is 41.3 Å². The largest absolute Gasteiger partial charge is 0.493 e. The number of methoxy groups -OCH3 is 2. The van der Waals surface area contributed by atoms with Gasteiger partial charge in [0.15, 0.2) is 11.5 Å². The van der Waals surface area contributed by atoms with Gasteiger partial charge in [-0.15, -0.1) is 0 Å². The molecule has 3 heterocycles. The molecule has 0 N–H and O–H groups in total. The first-order chi connectivity index (χ1) is 13.5. The maximum Gasteiger partial charge on any atom is 0.258 e. The smallest absolute Gasteiger partial charge is 0.258 e. The molecule has 2 aromatic heterocycles. The Balaban J connectivity index is 1.64. The van der Waals surface area contributed by atoms with Gasteiger partial charge in [-0.3, -0.25) is 14.1 Å². The molecule has 28 heavy (non-hydrogen) atoms. The van der Waals surface area contributed by atoms with Gasteiger partial charge in [-0.2, -0.15) is 0 Å². The van der Waals surface area contributed by atoms with E-state index in [0.29, 0.717) is 12.2 Å². The van der Waals surface area contributed by atoms with E-state index < -0.39 is 0 Å². The molecule has 0 saturated heterocycles. The highest BCUT2D eigenvalue weighted by Gasteiger charge is 2.26. The van der Waals surface area contributed by atoms with Crippen molar-refractivity contribution in [1.82, 2.24) is 14.3 Å². The van der Waals surface area contributed by atoms with Crippen LogP contribution in [0.25, 0.3) is 5.65 Å². The van der Waals surface area contributed by atoms with Crippen LogP contribution in [-0.4, -0.2) is 35.0 Å². The van der Waals surface area contributed by atoms with Crippen LogP contribution in [0.5, 0.6) is 11.5 Å². The van der Waals surface area contributed by atoms with Crippen LogP contribution in [0.4, 0.5) is 0 Å². The summed E-state index contributed by atoms with van der Waals surface area (Å²) in [5.41, 5.74) is 4.99. The molecule has 0 amide bonds. The van der Waals surface area contributed by atoms with Crippen LogP contribution >= 0.6 is 0 Å². The fourth-order valence-corrected chi connectivity index (χ4v) is 3.96. The van der Waals surface area contributed by atoms with Gasteiger partial charge in [-0.05, 0) is 55.2 Å². The van der Waals surface area contributed by atoms with Crippen molar-refractivity contribution < 1.29 is 9.47 Å². The van der Waals surface area contributed by atoms with E-state index in [9.17, 15) is 4.79 Å². The van der Waals surface area contributed by atoms with E-state index >= 15 is 0 Å². The number of benzene rings is 1. The van der Waals surface area contributed by atoms with E-state index in [1.807, 2.05) is 25.3 Å². The van der Waals surface area contributed by atoms with Crippen LogP contribution < -0.4 is 15.0 Å². The molecule has 4 rings (SSSR count). The third-order valence-corrected chi connectivity index (χ3v) is 5.54. The minimum atomic E-state index is -0.0415. The number of rotatable bonds is 4. The molecule has 6 heteroatoms. The van der Waals surface area contributed by atoms with Crippen LogP contribution in [0.1, 0.15) is 35.3 Å². The molecule has 1 aromatic carbocycles. The van der Waals surface area contributed by atoms with Crippen molar-refractivity contribution in [1.29, 1.82) is 0 Å². The highest BCUT2D eigenvalue weighted by molar-refractivity contribution is 5.49. The molecule has 0 spiro atoms. The van der Waals surface area contributed by atoms with Crippen molar-refractivity contribution >= 4 is 5.65 Å². The number of ether oxygens (including phenoxy) is 2. The standard InChI is InChI=1S/C22H25N3O3/c1-14-5-6-21-23-17(10-22(26)25(21)12-14)13-24-8-7-16-9-19(27-3)20(28-4)11-18(16)15(24)2/h5-6,9-12,15H,7-8,13H2,1-4H3. The topological polar surface area (TPSA) is 56.1 Å². The Hall–Kier alpha value is -2.86. The van der Waals surface area contributed by atoms with E-state index in [2.05, 4.69) is 24.0 Å². The zero-order chi connectivity index (χ0) is 19.8. The average molecular weight is 379 g/mol. The lowest BCUT2D eigenvalue weighted by Gasteiger charge is -2.35. The van der Waals surface area contributed by atoms with Gasteiger partial charge in [0.25, 0.3) is 5.56 Å². The lowest BCUT2D eigenvalue weighted by molar-refractivity contribution is 0.186. The molecule has 0 aliphatic carbocycles. The Labute approximate surface area is 164 Å². The summed E-state index contributed by atoms with van der Waals surface area (Å²) in [7, 11) is 3.32. The third kappa shape index (κ3) is 3.24. The summed E-state index contributed by atoms with van der Waals surface area (Å²) < 4.78 is 12.5. The molecule has 0 radical (unpaired) electrons. The lowest BCUT2D eigenvalue weighted by Crippen LogP contribution is -2.34. The molecule has 0 fully saturated rings. The first-order valence-electron chi connectivity index (χ1n) is 9.48. The first kappa shape index (κ1) is 18.5. The molecule has 0 saturated carbocycles. The number of aromatic nitrogens is 2. The molecule has 146 valence electrons. The fraction of sp³-hybridized carbons (Fsp3) is 0.364. The Morgan fingerprint density at radius 2 is 1.89 bits per heavy atom. The van der Waals surface area contributed by atoms with E-state index in [1.54, 1.807) is 24.7 Å². The van der Waals surface area contributed by atoms with Crippen molar-refractivity contribution in [2.75, 3.05) is 20.8 Å². The third-order valence-electron chi connectivity index (χ3n) is 5.54. The Kier molecular flexibility index (Phi) is 4.81. The molecule has 1 aliphatic rings. The van der Waals surface area contributed by atoms with Crippen molar-refractivity contribution in [2.24, 2.45) is 0 Å². The van der Waals surface area contributed by atoms with Gasteiger partial charge in [0.05, 0.1) is 19.9 Å². The summed E-state index contributed by atoms with van der Waals surface area (Å²) >= 11 is 0. The summed E-state index contributed by atoms with van der Waals surface area (Å²) in [4.78, 5) is 19.5. The van der Waals surface area contributed by atoms with Gasteiger partial charge in [0.1, 0.15) is 5.65 Å². The Morgan fingerprint density at radius 3 is 2.64 bits per heavy atom. The fourth-order valence-electron chi connectivity index (χ4n) is 3.96. The number of aryl methyl sites for hydroxylation is 1. The van der Waals surface area contributed by atoms with Crippen molar-refractivity contribution in [3.8, 4) is 11.5 Å². The van der Waals surface area contributed by atoms with Crippen molar-refractivity contribution in [3.63, 3.8) is 0 Å². The Bertz CT molecular complexity index is 1090. The second-order valence-corrected chi connectivity index (χ2v) is 7.32. The molecule has 3 aromatic rings. The van der Waals surface area contributed by atoms with E-state index in [1.165, 1.54) is 11.1 Å². The maximum atomic E-state index is 12.5. The van der Waals surface area contributed by atoms with Crippen molar-refractivity contribution in [2.45, 2.75) is 32.9 Å². The van der Waals surface area contributed by atoms with Gasteiger partial charge in [-0.25, -0.2) is 4.98 Å². The molecule has 1 atom stereocenters. The number of hydrogen-bond acceptors (Lipinski definition) is 5. The number of pyridine rings is 1. The summed E-state index contributed by atoms with van der Waals surface area (Å²) in [5, 5.41) is 0. The highest BCUT2D eigenvalue weighted by Crippen LogP contribution is 2.38. The van der Waals surface area contributed by atoms with E-state index in [4.69, 9.17) is 14.5 Å². The predicted octanol–water partition coefficient (Wildman–Crippen LogP) is 3.14. The van der Waals surface area contributed by atoms with Gasteiger partial charge in [-0.1, -0.05) is 6.07 Å². The van der Waals surface area contributed by atoms with Gasteiger partial charge in [0.2, 0.25) is 0 Å². The molecule has 1 unspecified atom stereocenters. The average Bonchev–Trinajstić information content (AvgIpc) is 2.70. The Morgan fingerprint density at radius 1 is 1.14 bits per heavy atom. The molecule has 0 bridgehead atoms. The quantitative estimate of drug-likeness (QED) is 0.697. The SMILES string of the molecule is COc1cc2c(cc1OC)C(C)N(Cc1cc(=O)n3cc(C)ccc3n1)CC2. The molecule has 1 aliphatic heterocycles. The summed E-state index contributed by atoms with van der Waals surface area (Å²) in [6.07, 6.45) is 2.75. The van der Waals surface area contributed by atoms with Gasteiger partial charge >= 0.3 is 0 Å². The highest BCUT2D eigenvalue weighted by atomic mass is 16.5. The second kappa shape index (κ2) is 7.28. The number of fused-ring (bicyclic) bond motifs is 2. The summed E-state index contributed by atoms with van der Waals surface area (Å²) in [5.74, 6) is 1.51. The lowest BCUT2D eigenvalue weighted by atomic mass is 9.92. The number of hydrogen-bond donors (Lipinski definition) is 0. The number of nitrogens with zero attached hydrogens (tertiary/aromatic N) is 3. The minimum Gasteiger partial charge on any atom is -0.493 e. The van der Waals surface area contributed by atoms with Crippen LogP contribution in [0, 0.1) is 6.92 Å². The molecule has 6 nitrogen and oxygen atoms in total. The minimum absolute atomic E-state index is 0.0415. The van der Waals surface area contributed by atoms with Crippen LogP contribution in [0.2, 0.25) is 0 Å². The molecular formula is C22H25N3O3. The molecular weight excluding hydrogens is 354 g/mol. The van der Waals surface area contributed by atoms with Crippen LogP contribution in [0.3, 0.4) is 0 Å².